The van der Waals surface area contributed by atoms with Crippen LogP contribution in [0.5, 0.6) is 0 Å². The van der Waals surface area contributed by atoms with Gasteiger partial charge in [-0.1, -0.05) is 6.92 Å². The molecular weight excluding hydrogens is 444 g/mol. The molecule has 5 rings (SSSR count). The fourth-order valence-electron chi connectivity index (χ4n) is 9.17. The van der Waals surface area contributed by atoms with Crippen LogP contribution >= 0.6 is 0 Å². The lowest BCUT2D eigenvalue weighted by molar-refractivity contribution is -0.190. The molecule has 1 N–H and O–H groups in total. The molecule has 1 heterocycles. The summed E-state index contributed by atoms with van der Waals surface area (Å²) in [6.07, 6.45) is 5.28. The Labute approximate surface area is 196 Å². The minimum absolute atomic E-state index is 0.0140. The Balaban J connectivity index is 1.60. The highest BCUT2D eigenvalue weighted by Crippen LogP contribution is 2.71. The van der Waals surface area contributed by atoms with Crippen molar-refractivity contribution in [3.63, 3.8) is 0 Å². The SMILES string of the molecule is CC(=O)O[C@H]1CC[C@]23COS(=O)(=O)N[C@H](C[C@H]4[C@@H]5CC[C@H](C(C)=O)[C@@]5(C)CC[C@@H]42)[C@@]3(C#N)C1. The van der Waals surface area contributed by atoms with Gasteiger partial charge in [0.25, 0.3) is 0 Å². The van der Waals surface area contributed by atoms with Crippen molar-refractivity contribution in [3.8, 4) is 6.07 Å². The number of carbonyl (C=O) groups is 2. The highest BCUT2D eigenvalue weighted by molar-refractivity contribution is 7.84. The second-order valence-electron chi connectivity index (χ2n) is 11.5. The number of ether oxygens (including phenoxy) is 1. The lowest BCUT2D eigenvalue weighted by Crippen LogP contribution is -2.68. The van der Waals surface area contributed by atoms with Gasteiger partial charge in [-0.3, -0.25) is 13.8 Å². The summed E-state index contributed by atoms with van der Waals surface area (Å²) in [5.74, 6) is 0.627. The number of nitriles is 1. The molecule has 9 atom stereocenters. The van der Waals surface area contributed by atoms with Crippen LogP contribution in [0.2, 0.25) is 0 Å². The molecule has 2 bridgehead atoms. The number of Topliss-reactive ketones (excluding diaryl/α,β-unsaturated/α-hetero) is 1. The molecule has 0 aromatic rings. The van der Waals surface area contributed by atoms with E-state index in [-0.39, 0.29) is 41.5 Å². The van der Waals surface area contributed by atoms with Crippen LogP contribution in [0.25, 0.3) is 0 Å². The second kappa shape index (κ2) is 7.50. The summed E-state index contributed by atoms with van der Waals surface area (Å²) in [6, 6.07) is 1.97. The van der Waals surface area contributed by atoms with Crippen LogP contribution in [0.15, 0.2) is 0 Å². The molecule has 4 saturated carbocycles. The molecule has 33 heavy (non-hydrogen) atoms. The maximum Gasteiger partial charge on any atom is 0.336 e. The summed E-state index contributed by atoms with van der Waals surface area (Å²) in [5.41, 5.74) is -1.70. The maximum absolute atomic E-state index is 12.7. The molecule has 0 unspecified atom stereocenters. The van der Waals surface area contributed by atoms with Gasteiger partial charge in [-0.25, -0.2) is 0 Å². The van der Waals surface area contributed by atoms with E-state index in [1.807, 2.05) is 0 Å². The maximum atomic E-state index is 12.7. The first kappa shape index (κ1) is 23.3. The van der Waals surface area contributed by atoms with Gasteiger partial charge in [-0.2, -0.15) is 18.4 Å². The van der Waals surface area contributed by atoms with Crippen molar-refractivity contribution in [1.82, 2.24) is 4.72 Å². The number of esters is 1. The quantitative estimate of drug-likeness (QED) is 0.605. The van der Waals surface area contributed by atoms with Gasteiger partial charge in [0, 0.05) is 30.7 Å². The molecule has 5 aliphatic rings. The van der Waals surface area contributed by atoms with Crippen LogP contribution in [0.1, 0.15) is 72.1 Å². The van der Waals surface area contributed by atoms with Crippen molar-refractivity contribution in [3.05, 3.63) is 0 Å². The minimum atomic E-state index is -3.99. The van der Waals surface area contributed by atoms with E-state index >= 15 is 0 Å². The van der Waals surface area contributed by atoms with E-state index in [1.165, 1.54) is 6.92 Å². The lowest BCUT2D eigenvalue weighted by atomic mass is 9.38. The van der Waals surface area contributed by atoms with E-state index in [4.69, 9.17) is 8.92 Å². The first-order valence-electron chi connectivity index (χ1n) is 12.2. The number of rotatable bonds is 2. The van der Waals surface area contributed by atoms with Gasteiger partial charge in [0.05, 0.1) is 18.1 Å². The van der Waals surface area contributed by atoms with E-state index in [9.17, 15) is 23.3 Å². The Morgan fingerprint density at radius 3 is 2.55 bits per heavy atom. The van der Waals surface area contributed by atoms with Gasteiger partial charge >= 0.3 is 16.3 Å². The smallest absolute Gasteiger partial charge is 0.336 e. The van der Waals surface area contributed by atoms with Crippen molar-refractivity contribution in [2.45, 2.75) is 84.3 Å². The van der Waals surface area contributed by atoms with Gasteiger partial charge in [0.1, 0.15) is 11.9 Å². The Hall–Kier alpha value is -1.50. The molecule has 0 spiro atoms. The summed E-state index contributed by atoms with van der Waals surface area (Å²) in [7, 11) is -3.99. The van der Waals surface area contributed by atoms with E-state index in [2.05, 4.69) is 17.7 Å². The molecule has 9 heteroatoms. The molecule has 1 saturated heterocycles. The van der Waals surface area contributed by atoms with Crippen LogP contribution in [0.3, 0.4) is 0 Å². The summed E-state index contributed by atoms with van der Waals surface area (Å²) in [6.45, 7) is 5.30. The number of nitrogens with zero attached hydrogens (tertiary/aromatic N) is 1. The molecule has 0 aromatic heterocycles. The summed E-state index contributed by atoms with van der Waals surface area (Å²) in [4.78, 5) is 24.1. The zero-order chi connectivity index (χ0) is 23.8. The standard InChI is InChI=1S/C24H34N2O6S/c1-14(27)18-4-5-19-17-10-21-24(12-25)11-16(32-15(2)28)6-9-23(24,13-31-33(29,30)26-21)20(17)7-8-22(18,19)3/h16-21,26H,4-11,13H2,1-3H3/t16-,17-,18+,19-,20-,21+,22+,23-,24-/m0/s1. The second-order valence-corrected chi connectivity index (χ2v) is 12.9. The molecular formula is C24H34N2O6S. The Bertz CT molecular complexity index is 1020. The summed E-state index contributed by atoms with van der Waals surface area (Å²) in [5, 5.41) is 10.6. The Morgan fingerprint density at radius 1 is 1.12 bits per heavy atom. The third kappa shape index (κ3) is 3.16. The van der Waals surface area contributed by atoms with Crippen LogP contribution in [0, 0.1) is 51.2 Å². The predicted octanol–water partition coefficient (Wildman–Crippen LogP) is 2.88. The monoisotopic (exact) mass is 478 g/mol. The molecule has 182 valence electrons. The van der Waals surface area contributed by atoms with Crippen molar-refractivity contribution in [2.75, 3.05) is 6.61 Å². The molecule has 8 nitrogen and oxygen atoms in total. The number of carbonyl (C=O) groups excluding carboxylic acids is 2. The van der Waals surface area contributed by atoms with Gasteiger partial charge in [0.15, 0.2) is 0 Å². The number of nitrogens with one attached hydrogen (secondary N) is 1. The normalized spacial score (nSPS) is 50.0. The van der Waals surface area contributed by atoms with Gasteiger partial charge in [-0.15, -0.1) is 0 Å². The zero-order valence-corrected chi connectivity index (χ0v) is 20.4. The van der Waals surface area contributed by atoms with Crippen LogP contribution in [0.4, 0.5) is 0 Å². The van der Waals surface area contributed by atoms with E-state index < -0.39 is 33.3 Å². The highest BCUT2D eigenvalue weighted by atomic mass is 32.2. The zero-order valence-electron chi connectivity index (χ0n) is 19.6. The largest absolute Gasteiger partial charge is 0.463 e. The summed E-state index contributed by atoms with van der Waals surface area (Å²) < 4.78 is 39.2. The molecule has 0 amide bonds. The number of fused-ring (bicyclic) bond motifs is 3. The minimum Gasteiger partial charge on any atom is -0.463 e. The third-order valence-electron chi connectivity index (χ3n) is 10.4. The first-order valence-corrected chi connectivity index (χ1v) is 13.6. The van der Waals surface area contributed by atoms with Gasteiger partial charge in [-0.05, 0) is 75.0 Å². The fourth-order valence-corrected chi connectivity index (χ4v) is 10.3. The number of hydrogen-bond donors (Lipinski definition) is 1. The van der Waals surface area contributed by atoms with Crippen molar-refractivity contribution < 1.29 is 26.9 Å². The third-order valence-corrected chi connectivity index (χ3v) is 11.4. The number of hydrogen-bond acceptors (Lipinski definition) is 7. The molecule has 0 radical (unpaired) electrons. The van der Waals surface area contributed by atoms with Crippen LogP contribution in [-0.4, -0.2) is 38.9 Å². The van der Waals surface area contributed by atoms with Crippen molar-refractivity contribution in [1.29, 1.82) is 5.26 Å². The van der Waals surface area contributed by atoms with Crippen LogP contribution in [-0.2, 0) is 28.8 Å². The highest BCUT2D eigenvalue weighted by Gasteiger charge is 2.72. The predicted molar refractivity (Wildman–Crippen MR) is 118 cm³/mol. The molecule has 4 aliphatic carbocycles. The van der Waals surface area contributed by atoms with Crippen molar-refractivity contribution >= 4 is 22.1 Å². The Morgan fingerprint density at radius 2 is 1.88 bits per heavy atom. The van der Waals surface area contributed by atoms with Crippen molar-refractivity contribution in [2.24, 2.45) is 39.9 Å². The molecule has 1 aliphatic heterocycles. The molecule has 5 fully saturated rings. The fraction of sp³-hybridized carbons (Fsp3) is 0.875. The topological polar surface area (TPSA) is 123 Å². The summed E-state index contributed by atoms with van der Waals surface area (Å²) >= 11 is 0. The average molecular weight is 479 g/mol. The Kier molecular flexibility index (Phi) is 5.28. The van der Waals surface area contributed by atoms with Gasteiger partial charge < -0.3 is 4.74 Å². The number of ketones is 1. The van der Waals surface area contributed by atoms with E-state index in [1.54, 1.807) is 6.92 Å². The average Bonchev–Trinajstić information content (AvgIpc) is 3.07. The van der Waals surface area contributed by atoms with E-state index in [0.717, 1.165) is 25.7 Å². The molecule has 0 aromatic carbocycles. The lowest BCUT2D eigenvalue weighted by Gasteiger charge is -2.65. The van der Waals surface area contributed by atoms with Crippen LogP contribution < -0.4 is 4.72 Å². The first-order chi connectivity index (χ1) is 15.5. The van der Waals surface area contributed by atoms with E-state index in [0.29, 0.717) is 31.6 Å². The van der Waals surface area contributed by atoms with Gasteiger partial charge in [0.2, 0.25) is 0 Å².